The maximum atomic E-state index is 5.84. The molecule has 4 nitrogen and oxygen atoms in total. The minimum Gasteiger partial charge on any atom is -0.488 e. The molecule has 1 aliphatic heterocycles. The quantitative estimate of drug-likeness (QED) is 0.793. The average Bonchev–Trinajstić information content (AvgIpc) is 2.87. The van der Waals surface area contributed by atoms with E-state index in [1.165, 1.54) is 0 Å². The maximum absolute atomic E-state index is 5.84. The van der Waals surface area contributed by atoms with Crippen LogP contribution >= 0.6 is 0 Å². The molecule has 1 N–H and O–H groups in total. The van der Waals surface area contributed by atoms with Crippen LogP contribution in [0.3, 0.4) is 0 Å². The number of rotatable bonds is 2. The first-order chi connectivity index (χ1) is 7.42. The Morgan fingerprint density at radius 2 is 2.47 bits per heavy atom. The lowest BCUT2D eigenvalue weighted by Crippen LogP contribution is -2.19. The smallest absolute Gasteiger partial charge is 0.136 e. The van der Waals surface area contributed by atoms with Crippen molar-refractivity contribution in [2.45, 2.75) is 12.5 Å². The molecule has 1 aliphatic rings. The van der Waals surface area contributed by atoms with E-state index in [1.54, 1.807) is 6.20 Å². The Morgan fingerprint density at radius 1 is 1.47 bits per heavy atom. The van der Waals surface area contributed by atoms with Crippen LogP contribution in [0.5, 0.6) is 5.75 Å². The summed E-state index contributed by atoms with van der Waals surface area (Å²) in [6.45, 7) is 2.00. The Labute approximate surface area is 87.9 Å². The largest absolute Gasteiger partial charge is 0.488 e. The number of aromatic nitrogens is 2. The highest BCUT2D eigenvalue weighted by Gasteiger charge is 2.15. The van der Waals surface area contributed by atoms with E-state index < -0.39 is 0 Å². The molecule has 0 saturated carbocycles. The van der Waals surface area contributed by atoms with Gasteiger partial charge in [-0.15, -0.1) is 0 Å². The average molecular weight is 203 g/mol. The van der Waals surface area contributed by atoms with Gasteiger partial charge in [0, 0.05) is 18.9 Å². The fourth-order valence-electron chi connectivity index (χ4n) is 1.89. The second-order valence-corrected chi connectivity index (χ2v) is 3.79. The predicted octanol–water partition coefficient (Wildman–Crippen LogP) is 1.07. The van der Waals surface area contributed by atoms with Gasteiger partial charge in [0.25, 0.3) is 0 Å². The van der Waals surface area contributed by atoms with Crippen LogP contribution in [-0.2, 0) is 0 Å². The first-order valence-electron chi connectivity index (χ1n) is 5.22. The minimum absolute atomic E-state index is 0.311. The second-order valence-electron chi connectivity index (χ2n) is 3.79. The summed E-state index contributed by atoms with van der Waals surface area (Å²) in [5.74, 6) is 0.911. The van der Waals surface area contributed by atoms with E-state index in [0.717, 1.165) is 30.9 Å². The van der Waals surface area contributed by atoms with E-state index in [0.29, 0.717) is 6.10 Å². The molecule has 1 saturated heterocycles. The molecule has 1 atom stereocenters. The monoisotopic (exact) mass is 203 g/mol. The molecule has 78 valence electrons. The number of ether oxygens (including phenoxy) is 1. The molecule has 0 amide bonds. The van der Waals surface area contributed by atoms with E-state index in [4.69, 9.17) is 4.74 Å². The highest BCUT2D eigenvalue weighted by molar-refractivity contribution is 5.41. The molecule has 0 aromatic carbocycles. The molecule has 4 heteroatoms. The van der Waals surface area contributed by atoms with Crippen molar-refractivity contribution >= 4 is 5.65 Å². The number of hydrogen-bond acceptors (Lipinski definition) is 3. The van der Waals surface area contributed by atoms with Crippen LogP contribution in [0.15, 0.2) is 30.7 Å². The molecule has 15 heavy (non-hydrogen) atoms. The van der Waals surface area contributed by atoms with Crippen LogP contribution in [0.4, 0.5) is 0 Å². The normalized spacial score (nSPS) is 20.9. The van der Waals surface area contributed by atoms with Crippen molar-refractivity contribution in [1.29, 1.82) is 0 Å². The van der Waals surface area contributed by atoms with E-state index in [2.05, 4.69) is 10.3 Å². The van der Waals surface area contributed by atoms with Gasteiger partial charge in [0.1, 0.15) is 17.5 Å². The van der Waals surface area contributed by atoms with E-state index in [9.17, 15) is 0 Å². The van der Waals surface area contributed by atoms with Crippen LogP contribution in [0.25, 0.3) is 5.65 Å². The molecule has 2 aromatic rings. The summed E-state index contributed by atoms with van der Waals surface area (Å²) in [4.78, 5) is 4.19. The lowest BCUT2D eigenvalue weighted by Gasteiger charge is -2.12. The summed E-state index contributed by atoms with van der Waals surface area (Å²) < 4.78 is 7.81. The van der Waals surface area contributed by atoms with Gasteiger partial charge >= 0.3 is 0 Å². The lowest BCUT2D eigenvalue weighted by molar-refractivity contribution is 0.222. The van der Waals surface area contributed by atoms with Gasteiger partial charge < -0.3 is 14.5 Å². The van der Waals surface area contributed by atoms with Gasteiger partial charge in [-0.05, 0) is 25.1 Å². The second kappa shape index (κ2) is 3.55. The zero-order valence-corrected chi connectivity index (χ0v) is 8.39. The summed E-state index contributed by atoms with van der Waals surface area (Å²) in [5, 5.41) is 3.28. The molecule has 1 fully saturated rings. The Hall–Kier alpha value is -1.55. The Morgan fingerprint density at radius 3 is 3.33 bits per heavy atom. The lowest BCUT2D eigenvalue weighted by atomic mass is 10.3. The number of pyridine rings is 1. The summed E-state index contributed by atoms with van der Waals surface area (Å²) in [5.41, 5.74) is 0.951. The van der Waals surface area contributed by atoms with Crippen LogP contribution in [-0.4, -0.2) is 28.6 Å². The number of hydrogen-bond donors (Lipinski definition) is 1. The molecule has 0 radical (unpaired) electrons. The van der Waals surface area contributed by atoms with Gasteiger partial charge in [0.05, 0.1) is 6.20 Å². The summed E-state index contributed by atoms with van der Waals surface area (Å²) in [7, 11) is 0. The van der Waals surface area contributed by atoms with Crippen molar-refractivity contribution in [3.63, 3.8) is 0 Å². The molecule has 2 aromatic heterocycles. The van der Waals surface area contributed by atoms with E-state index >= 15 is 0 Å². The number of nitrogens with one attached hydrogen (secondary N) is 1. The molecular weight excluding hydrogens is 190 g/mol. The van der Waals surface area contributed by atoms with Gasteiger partial charge in [-0.2, -0.15) is 0 Å². The Balaban J connectivity index is 1.84. The predicted molar refractivity (Wildman–Crippen MR) is 57.1 cm³/mol. The Bertz CT molecular complexity index is 460. The highest BCUT2D eigenvalue weighted by atomic mass is 16.5. The zero-order valence-electron chi connectivity index (χ0n) is 8.39. The van der Waals surface area contributed by atoms with Gasteiger partial charge in [-0.1, -0.05) is 0 Å². The third kappa shape index (κ3) is 1.68. The van der Waals surface area contributed by atoms with Crippen molar-refractivity contribution in [3.05, 3.63) is 30.7 Å². The van der Waals surface area contributed by atoms with Gasteiger partial charge in [-0.3, -0.25) is 0 Å². The zero-order chi connectivity index (χ0) is 10.1. The fourth-order valence-corrected chi connectivity index (χ4v) is 1.89. The number of fused-ring (bicyclic) bond motifs is 1. The molecule has 3 heterocycles. The fraction of sp³-hybridized carbons (Fsp3) is 0.364. The first kappa shape index (κ1) is 8.73. The summed E-state index contributed by atoms with van der Waals surface area (Å²) in [6.07, 6.45) is 7.08. The first-order valence-corrected chi connectivity index (χ1v) is 5.22. The van der Waals surface area contributed by atoms with Crippen molar-refractivity contribution in [3.8, 4) is 5.75 Å². The topological polar surface area (TPSA) is 38.6 Å². The van der Waals surface area contributed by atoms with Crippen molar-refractivity contribution in [1.82, 2.24) is 14.7 Å². The van der Waals surface area contributed by atoms with Crippen LogP contribution in [0.1, 0.15) is 6.42 Å². The van der Waals surface area contributed by atoms with Gasteiger partial charge in [-0.25, -0.2) is 4.98 Å². The third-order valence-corrected chi connectivity index (χ3v) is 2.68. The number of nitrogens with zero attached hydrogens (tertiary/aromatic N) is 2. The van der Waals surface area contributed by atoms with Gasteiger partial charge in [0.2, 0.25) is 0 Å². The molecule has 0 spiro atoms. The summed E-state index contributed by atoms with van der Waals surface area (Å²) in [6, 6.07) is 3.94. The van der Waals surface area contributed by atoms with Crippen LogP contribution in [0.2, 0.25) is 0 Å². The third-order valence-electron chi connectivity index (χ3n) is 2.68. The van der Waals surface area contributed by atoms with Gasteiger partial charge in [0.15, 0.2) is 0 Å². The van der Waals surface area contributed by atoms with Crippen LogP contribution < -0.4 is 10.1 Å². The standard InChI is InChI=1S/C11H13N3O/c1-2-11-13-5-6-14(11)8-10(1)15-9-3-4-12-7-9/h1-2,5-6,8-9,12H,3-4,7H2. The molecule has 0 aliphatic carbocycles. The molecule has 1 unspecified atom stereocenters. The van der Waals surface area contributed by atoms with Crippen molar-refractivity contribution in [2.24, 2.45) is 0 Å². The minimum atomic E-state index is 0.311. The summed E-state index contributed by atoms with van der Waals surface area (Å²) >= 11 is 0. The molecule has 3 rings (SSSR count). The van der Waals surface area contributed by atoms with Crippen molar-refractivity contribution < 1.29 is 4.74 Å². The Kier molecular flexibility index (Phi) is 2.07. The van der Waals surface area contributed by atoms with Crippen molar-refractivity contribution in [2.75, 3.05) is 13.1 Å². The molecular formula is C11H13N3O. The van der Waals surface area contributed by atoms with E-state index in [-0.39, 0.29) is 0 Å². The number of imidazole rings is 1. The van der Waals surface area contributed by atoms with E-state index in [1.807, 2.05) is 28.9 Å². The molecule has 0 bridgehead atoms. The SMILES string of the molecule is c1cn2cc(OC3CCNC3)ccc2n1. The van der Waals surface area contributed by atoms with Crippen LogP contribution in [0, 0.1) is 0 Å². The maximum Gasteiger partial charge on any atom is 0.136 e. The highest BCUT2D eigenvalue weighted by Crippen LogP contribution is 2.15.